The second kappa shape index (κ2) is 7.42. The number of nitrogens with zero attached hydrogens (tertiary/aromatic N) is 1. The number of benzene rings is 3. The van der Waals surface area contributed by atoms with Crippen molar-refractivity contribution in [2.24, 2.45) is 0 Å². The first kappa shape index (κ1) is 17.0. The molecule has 0 radical (unpaired) electrons. The van der Waals surface area contributed by atoms with Gasteiger partial charge in [0.25, 0.3) is 0 Å². The van der Waals surface area contributed by atoms with Crippen molar-refractivity contribution in [2.75, 3.05) is 6.61 Å². The van der Waals surface area contributed by atoms with Gasteiger partial charge in [0.15, 0.2) is 0 Å². The molecule has 3 nitrogen and oxygen atoms in total. The lowest BCUT2D eigenvalue weighted by atomic mass is 9.97. The third-order valence-electron chi connectivity index (χ3n) is 4.47. The lowest BCUT2D eigenvalue weighted by molar-refractivity contribution is 0.0526. The van der Waals surface area contributed by atoms with Crippen LogP contribution < -0.4 is 0 Å². The fraction of sp³-hybridized carbons (Fsp3) is 0.0833. The summed E-state index contributed by atoms with van der Waals surface area (Å²) >= 11 is 0. The Labute approximate surface area is 158 Å². The molecule has 0 aliphatic carbocycles. The van der Waals surface area contributed by atoms with Gasteiger partial charge in [-0.15, -0.1) is 0 Å². The van der Waals surface area contributed by atoms with E-state index in [2.05, 4.69) is 24.3 Å². The zero-order valence-corrected chi connectivity index (χ0v) is 15.1. The molecule has 0 N–H and O–H groups in total. The van der Waals surface area contributed by atoms with Crippen molar-refractivity contribution in [3.8, 4) is 22.4 Å². The Balaban J connectivity index is 1.91. The van der Waals surface area contributed by atoms with Crippen molar-refractivity contribution in [1.29, 1.82) is 0 Å². The molecule has 1 aromatic heterocycles. The van der Waals surface area contributed by atoms with Gasteiger partial charge in [-0.3, -0.25) is 0 Å². The summed E-state index contributed by atoms with van der Waals surface area (Å²) in [6.45, 7) is 2.17. The number of ether oxygens (including phenoxy) is 1. The summed E-state index contributed by atoms with van der Waals surface area (Å²) in [6, 6.07) is 27.8. The fourth-order valence-electron chi connectivity index (χ4n) is 3.20. The van der Waals surface area contributed by atoms with Crippen molar-refractivity contribution in [3.05, 3.63) is 90.5 Å². The Kier molecular flexibility index (Phi) is 4.67. The SMILES string of the molecule is CCOC(=O)c1cccc(-c2cc(-c3ccccc3)nc3ccccc23)c1. The highest BCUT2D eigenvalue weighted by atomic mass is 16.5. The van der Waals surface area contributed by atoms with E-state index in [1.165, 1.54) is 0 Å². The summed E-state index contributed by atoms with van der Waals surface area (Å²) in [5.74, 6) is -0.305. The first-order valence-electron chi connectivity index (χ1n) is 8.99. The van der Waals surface area contributed by atoms with Gasteiger partial charge in [0, 0.05) is 10.9 Å². The minimum Gasteiger partial charge on any atom is -0.462 e. The third-order valence-corrected chi connectivity index (χ3v) is 4.47. The Hall–Kier alpha value is -3.46. The van der Waals surface area contributed by atoms with Crippen LogP contribution in [0.25, 0.3) is 33.3 Å². The van der Waals surface area contributed by atoms with E-state index in [0.717, 1.165) is 33.3 Å². The zero-order valence-electron chi connectivity index (χ0n) is 15.1. The van der Waals surface area contributed by atoms with Gasteiger partial charge in [0.05, 0.1) is 23.4 Å². The molecule has 27 heavy (non-hydrogen) atoms. The third kappa shape index (κ3) is 3.44. The van der Waals surface area contributed by atoms with Crippen LogP contribution in [-0.2, 0) is 4.74 Å². The molecule has 0 aliphatic rings. The quantitative estimate of drug-likeness (QED) is 0.439. The molecule has 3 heteroatoms. The molecule has 0 aliphatic heterocycles. The van der Waals surface area contributed by atoms with Gasteiger partial charge >= 0.3 is 5.97 Å². The molecule has 0 saturated heterocycles. The van der Waals surface area contributed by atoms with E-state index in [0.29, 0.717) is 12.2 Å². The van der Waals surface area contributed by atoms with E-state index >= 15 is 0 Å². The number of carbonyl (C=O) groups excluding carboxylic acids is 1. The summed E-state index contributed by atoms with van der Waals surface area (Å²) < 4.78 is 5.15. The summed E-state index contributed by atoms with van der Waals surface area (Å²) in [7, 11) is 0. The molecular formula is C24H19NO2. The van der Waals surface area contributed by atoms with Crippen LogP contribution in [0.1, 0.15) is 17.3 Å². The number of esters is 1. The molecule has 0 fully saturated rings. The van der Waals surface area contributed by atoms with Crippen LogP contribution in [0.2, 0.25) is 0 Å². The molecule has 132 valence electrons. The largest absolute Gasteiger partial charge is 0.462 e. The number of para-hydroxylation sites is 1. The topological polar surface area (TPSA) is 39.2 Å². The first-order valence-corrected chi connectivity index (χ1v) is 8.99. The highest BCUT2D eigenvalue weighted by molar-refractivity contribution is 5.98. The Morgan fingerprint density at radius 1 is 0.852 bits per heavy atom. The van der Waals surface area contributed by atoms with Crippen molar-refractivity contribution >= 4 is 16.9 Å². The number of pyridine rings is 1. The number of carbonyl (C=O) groups is 1. The number of aromatic nitrogens is 1. The highest BCUT2D eigenvalue weighted by Crippen LogP contribution is 2.32. The predicted molar refractivity (Wildman–Crippen MR) is 109 cm³/mol. The summed E-state index contributed by atoms with van der Waals surface area (Å²) in [4.78, 5) is 17.0. The molecule has 0 unspecified atom stereocenters. The zero-order chi connectivity index (χ0) is 18.6. The number of rotatable bonds is 4. The minimum atomic E-state index is -0.305. The molecule has 3 aromatic carbocycles. The first-order chi connectivity index (χ1) is 13.3. The van der Waals surface area contributed by atoms with E-state index in [9.17, 15) is 4.79 Å². The Morgan fingerprint density at radius 3 is 2.41 bits per heavy atom. The molecule has 1 heterocycles. The summed E-state index contributed by atoms with van der Waals surface area (Å²) in [6.07, 6.45) is 0. The van der Waals surface area contributed by atoms with Crippen molar-refractivity contribution < 1.29 is 9.53 Å². The van der Waals surface area contributed by atoms with Crippen LogP contribution >= 0.6 is 0 Å². The minimum absolute atomic E-state index is 0.305. The van der Waals surface area contributed by atoms with Crippen LogP contribution in [0.5, 0.6) is 0 Å². The predicted octanol–water partition coefficient (Wildman–Crippen LogP) is 5.75. The maximum Gasteiger partial charge on any atom is 0.338 e. The van der Waals surface area contributed by atoms with E-state index in [-0.39, 0.29) is 5.97 Å². The molecule has 0 bridgehead atoms. The van der Waals surface area contributed by atoms with Gasteiger partial charge in [-0.2, -0.15) is 0 Å². The van der Waals surface area contributed by atoms with Crippen molar-refractivity contribution in [1.82, 2.24) is 4.98 Å². The van der Waals surface area contributed by atoms with Crippen molar-refractivity contribution in [2.45, 2.75) is 6.92 Å². The lowest BCUT2D eigenvalue weighted by Gasteiger charge is -2.11. The lowest BCUT2D eigenvalue weighted by Crippen LogP contribution is -2.04. The molecule has 4 aromatic rings. The molecule has 0 saturated carbocycles. The van der Waals surface area contributed by atoms with Gasteiger partial charge in [-0.1, -0.05) is 60.7 Å². The maximum absolute atomic E-state index is 12.1. The van der Waals surface area contributed by atoms with Gasteiger partial charge in [0.2, 0.25) is 0 Å². The van der Waals surface area contributed by atoms with E-state index in [4.69, 9.17) is 9.72 Å². The highest BCUT2D eigenvalue weighted by Gasteiger charge is 2.12. The van der Waals surface area contributed by atoms with Crippen LogP contribution in [-0.4, -0.2) is 17.6 Å². The van der Waals surface area contributed by atoms with Gasteiger partial charge in [-0.05, 0) is 42.3 Å². The second-order valence-electron chi connectivity index (χ2n) is 6.24. The summed E-state index contributed by atoms with van der Waals surface area (Å²) in [5.41, 5.74) is 5.46. The van der Waals surface area contributed by atoms with Crippen LogP contribution in [0, 0.1) is 0 Å². The average molecular weight is 353 g/mol. The second-order valence-corrected chi connectivity index (χ2v) is 6.24. The normalized spacial score (nSPS) is 10.7. The monoisotopic (exact) mass is 353 g/mol. The van der Waals surface area contributed by atoms with Gasteiger partial charge < -0.3 is 4.74 Å². The molecule has 0 atom stereocenters. The average Bonchev–Trinajstić information content (AvgIpc) is 2.74. The number of fused-ring (bicyclic) bond motifs is 1. The van der Waals surface area contributed by atoms with Crippen LogP contribution in [0.3, 0.4) is 0 Å². The fourth-order valence-corrected chi connectivity index (χ4v) is 3.20. The maximum atomic E-state index is 12.1. The van der Waals surface area contributed by atoms with Gasteiger partial charge in [0.1, 0.15) is 0 Å². The van der Waals surface area contributed by atoms with Crippen molar-refractivity contribution in [3.63, 3.8) is 0 Å². The Bertz CT molecular complexity index is 1100. The van der Waals surface area contributed by atoms with Crippen LogP contribution in [0.15, 0.2) is 84.9 Å². The standard InChI is InChI=1S/C24H19NO2/c1-2-27-24(26)19-12-8-11-18(15-19)21-16-23(17-9-4-3-5-10-17)25-22-14-7-6-13-20(21)22/h3-16H,2H2,1H3. The van der Waals surface area contributed by atoms with Gasteiger partial charge in [-0.25, -0.2) is 9.78 Å². The van der Waals surface area contributed by atoms with E-state index in [1.54, 1.807) is 6.07 Å². The number of hydrogen-bond donors (Lipinski definition) is 0. The van der Waals surface area contributed by atoms with Crippen LogP contribution in [0.4, 0.5) is 0 Å². The number of hydrogen-bond acceptors (Lipinski definition) is 3. The van der Waals surface area contributed by atoms with E-state index in [1.807, 2.05) is 61.5 Å². The molecule has 0 amide bonds. The molecule has 0 spiro atoms. The molecular weight excluding hydrogens is 334 g/mol. The molecule has 4 rings (SSSR count). The summed E-state index contributed by atoms with van der Waals surface area (Å²) in [5, 5.41) is 1.05. The van der Waals surface area contributed by atoms with E-state index < -0.39 is 0 Å². The smallest absolute Gasteiger partial charge is 0.338 e. The Morgan fingerprint density at radius 2 is 1.59 bits per heavy atom.